The van der Waals surface area contributed by atoms with Gasteiger partial charge in [-0.1, -0.05) is 12.2 Å². The van der Waals surface area contributed by atoms with Crippen molar-refractivity contribution in [2.24, 2.45) is 23.7 Å². The number of nitrogens with zero attached hydrogens (tertiary/aromatic N) is 1. The minimum atomic E-state index is -0.564. The van der Waals surface area contributed by atoms with Crippen LogP contribution in [0.25, 0.3) is 0 Å². The number of hydrogen-bond donors (Lipinski definition) is 1. The molecule has 1 heterocycles. The number of ether oxygens (including phenoxy) is 1. The van der Waals surface area contributed by atoms with Gasteiger partial charge in [-0.05, 0) is 39.0 Å². The molecule has 3 aliphatic rings. The Morgan fingerprint density at radius 3 is 2.27 bits per heavy atom. The number of fused-ring (bicyclic) bond motifs is 5. The van der Waals surface area contributed by atoms with Gasteiger partial charge in [-0.15, -0.1) is 0 Å². The second-order valence-electron chi connectivity index (χ2n) is 7.26. The molecule has 2 bridgehead atoms. The van der Waals surface area contributed by atoms with Crippen molar-refractivity contribution < 1.29 is 19.1 Å². The molecule has 6 heteroatoms. The van der Waals surface area contributed by atoms with Crippen LogP contribution in [0.15, 0.2) is 12.2 Å². The Labute approximate surface area is 129 Å². The van der Waals surface area contributed by atoms with Crippen molar-refractivity contribution in [1.82, 2.24) is 10.2 Å². The molecule has 120 valence electrons. The minimum Gasteiger partial charge on any atom is -0.444 e. The first-order valence-corrected chi connectivity index (χ1v) is 7.78. The lowest BCUT2D eigenvalue weighted by Crippen LogP contribution is -2.41. The van der Waals surface area contributed by atoms with Gasteiger partial charge in [0.2, 0.25) is 11.8 Å². The molecule has 0 aromatic heterocycles. The first-order chi connectivity index (χ1) is 10.3. The standard InChI is InChI=1S/C16H22N2O4/c1-16(2,3)22-15(21)17-6-7-18-13(19)11-9-4-5-10(8-9)12(11)14(18)20/h4-5,9-12H,6-8H2,1-3H3,(H,17,21). The summed E-state index contributed by atoms with van der Waals surface area (Å²) in [6.07, 6.45) is 4.53. The van der Waals surface area contributed by atoms with Crippen LogP contribution < -0.4 is 5.32 Å². The summed E-state index contributed by atoms with van der Waals surface area (Å²) < 4.78 is 5.13. The predicted molar refractivity (Wildman–Crippen MR) is 78.7 cm³/mol. The van der Waals surface area contributed by atoms with Crippen LogP contribution in [0.3, 0.4) is 0 Å². The van der Waals surface area contributed by atoms with Crippen molar-refractivity contribution >= 4 is 17.9 Å². The third-order valence-corrected chi connectivity index (χ3v) is 4.57. The quantitative estimate of drug-likeness (QED) is 0.630. The molecule has 2 aliphatic carbocycles. The number of nitrogens with one attached hydrogen (secondary N) is 1. The van der Waals surface area contributed by atoms with Crippen LogP contribution in [0.4, 0.5) is 4.79 Å². The van der Waals surface area contributed by atoms with Crippen LogP contribution in [0, 0.1) is 23.7 Å². The van der Waals surface area contributed by atoms with Gasteiger partial charge in [0.1, 0.15) is 5.60 Å². The zero-order valence-electron chi connectivity index (χ0n) is 13.2. The fourth-order valence-corrected chi connectivity index (χ4v) is 3.77. The fourth-order valence-electron chi connectivity index (χ4n) is 3.77. The summed E-state index contributed by atoms with van der Waals surface area (Å²) in [5.74, 6) is -0.0886. The van der Waals surface area contributed by atoms with E-state index in [1.54, 1.807) is 20.8 Å². The summed E-state index contributed by atoms with van der Waals surface area (Å²) in [5, 5.41) is 2.59. The van der Waals surface area contributed by atoms with Crippen LogP contribution >= 0.6 is 0 Å². The highest BCUT2D eigenvalue weighted by Crippen LogP contribution is 2.52. The summed E-state index contributed by atoms with van der Waals surface area (Å²) in [6, 6.07) is 0. The smallest absolute Gasteiger partial charge is 0.407 e. The molecule has 0 aromatic carbocycles. The fraction of sp³-hybridized carbons (Fsp3) is 0.688. The molecule has 2 fully saturated rings. The Bertz CT molecular complexity index is 519. The van der Waals surface area contributed by atoms with Crippen molar-refractivity contribution in [1.29, 1.82) is 0 Å². The van der Waals surface area contributed by atoms with E-state index < -0.39 is 11.7 Å². The van der Waals surface area contributed by atoms with Gasteiger partial charge < -0.3 is 10.1 Å². The van der Waals surface area contributed by atoms with Gasteiger partial charge in [-0.25, -0.2) is 4.79 Å². The highest BCUT2D eigenvalue weighted by Gasteiger charge is 2.58. The van der Waals surface area contributed by atoms with Gasteiger partial charge in [-0.2, -0.15) is 0 Å². The topological polar surface area (TPSA) is 75.7 Å². The second kappa shape index (κ2) is 5.11. The zero-order chi connectivity index (χ0) is 16.1. The molecule has 3 rings (SSSR count). The Hall–Kier alpha value is -1.85. The molecule has 4 atom stereocenters. The lowest BCUT2D eigenvalue weighted by molar-refractivity contribution is -0.140. The summed E-state index contributed by atoms with van der Waals surface area (Å²) >= 11 is 0. The first-order valence-electron chi connectivity index (χ1n) is 7.78. The van der Waals surface area contributed by atoms with Crippen molar-refractivity contribution in [2.45, 2.75) is 32.8 Å². The van der Waals surface area contributed by atoms with Crippen LogP contribution in [0.1, 0.15) is 27.2 Å². The maximum atomic E-state index is 12.4. The van der Waals surface area contributed by atoms with Crippen molar-refractivity contribution in [2.75, 3.05) is 13.1 Å². The molecule has 3 amide bonds. The first kappa shape index (κ1) is 15.1. The lowest BCUT2D eigenvalue weighted by atomic mass is 9.85. The van der Waals surface area contributed by atoms with E-state index in [9.17, 15) is 14.4 Å². The average molecular weight is 306 g/mol. The molecule has 1 N–H and O–H groups in total. The molecule has 6 nitrogen and oxygen atoms in total. The van der Waals surface area contributed by atoms with E-state index in [1.807, 2.05) is 0 Å². The predicted octanol–water partition coefficient (Wildman–Crippen LogP) is 1.32. The number of allylic oxidation sites excluding steroid dienone is 2. The number of likely N-dealkylation sites (tertiary alicyclic amines) is 1. The monoisotopic (exact) mass is 306 g/mol. The van der Waals surface area contributed by atoms with Crippen LogP contribution in [-0.4, -0.2) is 41.5 Å². The third kappa shape index (κ3) is 2.51. The maximum Gasteiger partial charge on any atom is 0.407 e. The molecule has 1 aliphatic heterocycles. The molecule has 0 spiro atoms. The number of hydrogen-bond acceptors (Lipinski definition) is 4. The molecule has 1 saturated heterocycles. The van der Waals surface area contributed by atoms with E-state index in [-0.39, 0.29) is 48.6 Å². The van der Waals surface area contributed by atoms with Crippen molar-refractivity contribution in [3.8, 4) is 0 Å². The van der Waals surface area contributed by atoms with Gasteiger partial charge in [0.25, 0.3) is 0 Å². The Morgan fingerprint density at radius 1 is 1.23 bits per heavy atom. The molecular formula is C16H22N2O4. The van der Waals surface area contributed by atoms with Crippen molar-refractivity contribution in [3.63, 3.8) is 0 Å². The van der Waals surface area contributed by atoms with Gasteiger partial charge in [-0.3, -0.25) is 14.5 Å². The van der Waals surface area contributed by atoms with Crippen LogP contribution in [0.2, 0.25) is 0 Å². The highest BCUT2D eigenvalue weighted by molar-refractivity contribution is 6.06. The summed E-state index contributed by atoms with van der Waals surface area (Å²) in [6.45, 7) is 5.77. The number of carbonyl (C=O) groups is 3. The summed E-state index contributed by atoms with van der Waals surface area (Å²) in [4.78, 5) is 37.7. The number of alkyl carbamates (subject to hydrolysis) is 1. The van der Waals surface area contributed by atoms with Crippen molar-refractivity contribution in [3.05, 3.63) is 12.2 Å². The number of rotatable bonds is 3. The van der Waals surface area contributed by atoms with E-state index >= 15 is 0 Å². The minimum absolute atomic E-state index is 0.0853. The summed E-state index contributed by atoms with van der Waals surface area (Å²) in [5.41, 5.74) is -0.564. The van der Waals surface area contributed by atoms with E-state index in [1.165, 1.54) is 4.90 Å². The lowest BCUT2D eigenvalue weighted by Gasteiger charge is -2.21. The number of amides is 3. The van der Waals surface area contributed by atoms with Gasteiger partial charge >= 0.3 is 6.09 Å². The van der Waals surface area contributed by atoms with Gasteiger partial charge in [0.05, 0.1) is 11.8 Å². The van der Waals surface area contributed by atoms with Gasteiger partial charge in [0, 0.05) is 13.1 Å². The average Bonchev–Trinajstić information content (AvgIpc) is 3.05. The SMILES string of the molecule is CC(C)(C)OC(=O)NCCN1C(=O)C2C3C=CC(C3)C2C1=O. The van der Waals surface area contributed by atoms with Crippen LogP contribution in [-0.2, 0) is 14.3 Å². The Kier molecular flexibility index (Phi) is 3.50. The number of imide groups is 1. The normalized spacial score (nSPS) is 32.6. The molecule has 1 saturated carbocycles. The largest absolute Gasteiger partial charge is 0.444 e. The highest BCUT2D eigenvalue weighted by atomic mass is 16.6. The summed E-state index contributed by atoms with van der Waals surface area (Å²) in [7, 11) is 0. The van der Waals surface area contributed by atoms with E-state index in [0.717, 1.165) is 6.42 Å². The number of carbonyl (C=O) groups excluding carboxylic acids is 3. The van der Waals surface area contributed by atoms with E-state index in [2.05, 4.69) is 17.5 Å². The van der Waals surface area contributed by atoms with Gasteiger partial charge in [0.15, 0.2) is 0 Å². The van der Waals surface area contributed by atoms with Crippen LogP contribution in [0.5, 0.6) is 0 Å². The second-order valence-corrected chi connectivity index (χ2v) is 7.26. The van der Waals surface area contributed by atoms with E-state index in [0.29, 0.717) is 0 Å². The molecule has 4 unspecified atom stereocenters. The maximum absolute atomic E-state index is 12.4. The molecular weight excluding hydrogens is 284 g/mol. The molecule has 22 heavy (non-hydrogen) atoms. The Balaban J connectivity index is 1.53. The van der Waals surface area contributed by atoms with E-state index in [4.69, 9.17) is 4.74 Å². The zero-order valence-corrected chi connectivity index (χ0v) is 13.2. The third-order valence-electron chi connectivity index (χ3n) is 4.57. The molecule has 0 aromatic rings. The molecule has 0 radical (unpaired) electrons. The Morgan fingerprint density at radius 2 is 1.77 bits per heavy atom.